The third-order valence-corrected chi connectivity index (χ3v) is 1.88. The van der Waals surface area contributed by atoms with Gasteiger partial charge in [-0.2, -0.15) is 0 Å². The first-order valence-electron chi connectivity index (χ1n) is 3.81. The van der Waals surface area contributed by atoms with Gasteiger partial charge in [0.2, 0.25) is 0 Å². The van der Waals surface area contributed by atoms with Gasteiger partial charge < -0.3 is 4.74 Å². The van der Waals surface area contributed by atoms with Crippen LogP contribution in [0.4, 0.5) is 0 Å². The molecule has 1 aromatic carbocycles. The number of hydrogen-bond donors (Lipinski definition) is 0. The lowest BCUT2D eigenvalue weighted by Crippen LogP contribution is -1.91. The second-order valence-corrected chi connectivity index (χ2v) is 2.59. The van der Waals surface area contributed by atoms with E-state index in [4.69, 9.17) is 4.74 Å². The molecule has 60 valence electrons. The topological polar surface area (TPSA) is 26.3 Å². The van der Waals surface area contributed by atoms with Crippen LogP contribution >= 0.6 is 0 Å². The number of carbonyl (C=O) groups is 1. The molecule has 0 aromatic heterocycles. The number of esters is 1. The number of carbonyl (C=O) groups excluding carboxylic acids is 1. The SMILES string of the molecule is C/C=C1/OC(=O)c2ccccc21. The highest BCUT2D eigenvalue weighted by atomic mass is 16.5. The highest BCUT2D eigenvalue weighted by molar-refractivity contribution is 6.02. The number of benzene rings is 1. The van der Waals surface area contributed by atoms with Gasteiger partial charge in [0, 0.05) is 5.56 Å². The van der Waals surface area contributed by atoms with E-state index in [-0.39, 0.29) is 5.97 Å². The Morgan fingerprint density at radius 1 is 1.25 bits per heavy atom. The van der Waals surface area contributed by atoms with Crippen LogP contribution < -0.4 is 0 Å². The van der Waals surface area contributed by atoms with Gasteiger partial charge >= 0.3 is 5.97 Å². The Morgan fingerprint density at radius 2 is 1.92 bits per heavy atom. The highest BCUT2D eigenvalue weighted by Crippen LogP contribution is 2.28. The molecule has 0 bridgehead atoms. The number of rotatable bonds is 0. The van der Waals surface area contributed by atoms with Crippen molar-refractivity contribution in [1.82, 2.24) is 0 Å². The molecule has 1 aliphatic heterocycles. The van der Waals surface area contributed by atoms with Crippen molar-refractivity contribution in [2.24, 2.45) is 0 Å². The van der Waals surface area contributed by atoms with Crippen LogP contribution in [-0.2, 0) is 4.74 Å². The number of hydrogen-bond acceptors (Lipinski definition) is 2. The first-order valence-corrected chi connectivity index (χ1v) is 3.81. The third kappa shape index (κ3) is 0.848. The first kappa shape index (κ1) is 7.10. The van der Waals surface area contributed by atoms with Crippen LogP contribution in [0.3, 0.4) is 0 Å². The van der Waals surface area contributed by atoms with Gasteiger partial charge in [0.1, 0.15) is 5.76 Å². The molecule has 0 atom stereocenters. The summed E-state index contributed by atoms with van der Waals surface area (Å²) in [6, 6.07) is 7.38. The second kappa shape index (κ2) is 2.48. The van der Waals surface area contributed by atoms with Gasteiger partial charge in [-0.25, -0.2) is 4.79 Å². The summed E-state index contributed by atoms with van der Waals surface area (Å²) in [5, 5.41) is 0. The molecule has 0 amide bonds. The molecule has 0 saturated heterocycles. The third-order valence-electron chi connectivity index (χ3n) is 1.88. The van der Waals surface area contributed by atoms with E-state index in [0.717, 1.165) is 5.56 Å². The predicted octanol–water partition coefficient (Wildman–Crippen LogP) is 2.22. The van der Waals surface area contributed by atoms with Crippen LogP contribution in [0.1, 0.15) is 22.8 Å². The average molecular weight is 160 g/mol. The summed E-state index contributed by atoms with van der Waals surface area (Å²) in [5.74, 6) is 0.411. The smallest absolute Gasteiger partial charge is 0.344 e. The predicted molar refractivity (Wildman–Crippen MR) is 45.5 cm³/mol. The molecule has 0 radical (unpaired) electrons. The maximum atomic E-state index is 11.2. The summed E-state index contributed by atoms with van der Waals surface area (Å²) >= 11 is 0. The van der Waals surface area contributed by atoms with Gasteiger partial charge in [0.15, 0.2) is 0 Å². The van der Waals surface area contributed by atoms with Crippen LogP contribution in [0.5, 0.6) is 0 Å². The molecular formula is C10H8O2. The second-order valence-electron chi connectivity index (χ2n) is 2.59. The minimum Gasteiger partial charge on any atom is -0.423 e. The van der Waals surface area contributed by atoms with Gasteiger partial charge in [-0.05, 0) is 19.1 Å². The molecule has 0 fully saturated rings. The normalized spacial score (nSPS) is 17.8. The van der Waals surface area contributed by atoms with Crippen LogP contribution in [0, 0.1) is 0 Å². The molecule has 0 saturated carbocycles. The van der Waals surface area contributed by atoms with Crippen LogP contribution in [-0.4, -0.2) is 5.97 Å². The molecule has 1 aliphatic rings. The first-order chi connectivity index (χ1) is 5.83. The van der Waals surface area contributed by atoms with Crippen molar-refractivity contribution in [2.45, 2.75) is 6.92 Å². The van der Waals surface area contributed by atoms with E-state index in [1.165, 1.54) is 0 Å². The molecule has 2 heteroatoms. The van der Waals surface area contributed by atoms with Crippen molar-refractivity contribution in [3.8, 4) is 0 Å². The van der Waals surface area contributed by atoms with Crippen molar-refractivity contribution < 1.29 is 9.53 Å². The van der Waals surface area contributed by atoms with E-state index in [1.807, 2.05) is 25.1 Å². The maximum Gasteiger partial charge on any atom is 0.344 e. The standard InChI is InChI=1S/C10H8O2/c1-2-9-7-5-3-4-6-8(7)10(11)12-9/h2-6H,1H3/b9-2+. The summed E-state index contributed by atoms with van der Waals surface area (Å²) in [6.07, 6.45) is 1.80. The monoisotopic (exact) mass is 160 g/mol. The number of cyclic esters (lactones) is 1. The zero-order valence-corrected chi connectivity index (χ0v) is 6.70. The molecule has 0 spiro atoms. The summed E-state index contributed by atoms with van der Waals surface area (Å²) in [4.78, 5) is 11.2. The lowest BCUT2D eigenvalue weighted by Gasteiger charge is -1.93. The van der Waals surface area contributed by atoms with Gasteiger partial charge in [0.05, 0.1) is 5.56 Å². The van der Waals surface area contributed by atoms with Crippen molar-refractivity contribution in [3.63, 3.8) is 0 Å². The van der Waals surface area contributed by atoms with Crippen molar-refractivity contribution >= 4 is 11.7 Å². The van der Waals surface area contributed by atoms with Gasteiger partial charge in [-0.1, -0.05) is 18.2 Å². The Bertz CT molecular complexity index is 364. The Labute approximate surface area is 70.5 Å². The Kier molecular flexibility index (Phi) is 1.47. The van der Waals surface area contributed by atoms with E-state index in [0.29, 0.717) is 11.3 Å². The van der Waals surface area contributed by atoms with Crippen LogP contribution in [0.25, 0.3) is 5.76 Å². The summed E-state index contributed by atoms with van der Waals surface area (Å²) in [6.45, 7) is 1.85. The minimum atomic E-state index is -0.251. The zero-order valence-electron chi connectivity index (χ0n) is 6.70. The van der Waals surface area contributed by atoms with Crippen LogP contribution in [0.2, 0.25) is 0 Å². The average Bonchev–Trinajstić information content (AvgIpc) is 2.44. The Balaban J connectivity index is 2.65. The van der Waals surface area contributed by atoms with E-state index in [2.05, 4.69) is 0 Å². The lowest BCUT2D eigenvalue weighted by molar-refractivity contribution is 0.0715. The summed E-state index contributed by atoms with van der Waals surface area (Å²) in [5.41, 5.74) is 1.55. The minimum absolute atomic E-state index is 0.251. The molecule has 12 heavy (non-hydrogen) atoms. The van der Waals surface area contributed by atoms with Crippen molar-refractivity contribution in [3.05, 3.63) is 41.5 Å². The number of allylic oxidation sites excluding steroid dienone is 1. The lowest BCUT2D eigenvalue weighted by atomic mass is 10.1. The van der Waals surface area contributed by atoms with E-state index in [1.54, 1.807) is 12.1 Å². The molecule has 1 heterocycles. The Morgan fingerprint density at radius 3 is 2.58 bits per heavy atom. The van der Waals surface area contributed by atoms with E-state index >= 15 is 0 Å². The van der Waals surface area contributed by atoms with Crippen LogP contribution in [0.15, 0.2) is 30.3 Å². The fraction of sp³-hybridized carbons (Fsp3) is 0.100. The van der Waals surface area contributed by atoms with Gasteiger partial charge in [0.25, 0.3) is 0 Å². The van der Waals surface area contributed by atoms with Crippen molar-refractivity contribution in [2.75, 3.05) is 0 Å². The van der Waals surface area contributed by atoms with E-state index < -0.39 is 0 Å². The highest BCUT2D eigenvalue weighted by Gasteiger charge is 2.24. The largest absolute Gasteiger partial charge is 0.423 e. The molecule has 2 rings (SSSR count). The molecule has 0 aliphatic carbocycles. The molecular weight excluding hydrogens is 152 g/mol. The Hall–Kier alpha value is -1.57. The zero-order chi connectivity index (χ0) is 8.55. The maximum absolute atomic E-state index is 11.2. The number of fused-ring (bicyclic) bond motifs is 1. The fourth-order valence-electron chi connectivity index (χ4n) is 1.30. The van der Waals surface area contributed by atoms with E-state index in [9.17, 15) is 4.79 Å². The van der Waals surface area contributed by atoms with Gasteiger partial charge in [-0.15, -0.1) is 0 Å². The quantitative estimate of drug-likeness (QED) is 0.544. The van der Waals surface area contributed by atoms with Gasteiger partial charge in [-0.3, -0.25) is 0 Å². The summed E-state index contributed by atoms with van der Waals surface area (Å²) in [7, 11) is 0. The van der Waals surface area contributed by atoms with Crippen molar-refractivity contribution in [1.29, 1.82) is 0 Å². The summed E-state index contributed by atoms with van der Waals surface area (Å²) < 4.78 is 5.00. The molecule has 2 nitrogen and oxygen atoms in total. The molecule has 0 unspecified atom stereocenters. The number of ether oxygens (including phenoxy) is 1. The molecule has 1 aromatic rings. The molecule has 0 N–H and O–H groups in total. The fourth-order valence-corrected chi connectivity index (χ4v) is 1.30.